The highest BCUT2D eigenvalue weighted by molar-refractivity contribution is 5.98. The van der Waals surface area contributed by atoms with E-state index in [1.807, 2.05) is 0 Å². The lowest BCUT2D eigenvalue weighted by molar-refractivity contribution is 0.0951. The van der Waals surface area contributed by atoms with Crippen molar-refractivity contribution in [3.8, 4) is 0 Å². The fraction of sp³-hybridized carbons (Fsp3) is 0.500. The van der Waals surface area contributed by atoms with E-state index in [0.29, 0.717) is 19.0 Å². The molecule has 0 saturated carbocycles. The average Bonchev–Trinajstić information content (AvgIpc) is 2.38. The second-order valence-corrected chi connectivity index (χ2v) is 3.76. The number of anilines is 1. The lowest BCUT2D eigenvalue weighted by Gasteiger charge is -2.08. The number of aromatic nitrogens is 1. The first kappa shape index (κ1) is 14.4. The molecule has 1 amide bonds. The maximum atomic E-state index is 13.0. The van der Waals surface area contributed by atoms with Gasteiger partial charge in [-0.3, -0.25) is 4.79 Å². The maximum Gasteiger partial charge on any atom is 0.255 e. The number of nitrogens with zero attached hydrogens (tertiary/aromatic N) is 1. The molecule has 0 radical (unpaired) electrons. The number of hydrogen-bond acceptors (Lipinski definition) is 4. The molecule has 0 aromatic carbocycles. The van der Waals surface area contributed by atoms with Crippen molar-refractivity contribution in [2.45, 2.75) is 12.8 Å². The minimum atomic E-state index is -0.529. The van der Waals surface area contributed by atoms with Gasteiger partial charge in [0.1, 0.15) is 11.6 Å². The molecule has 1 rings (SSSR count). The zero-order valence-electron chi connectivity index (χ0n) is 10.6. The molecular formula is C12H18FN3O2. The SMILES string of the molecule is CNc1ncc(F)cc1C(=O)NCCCCOC. The molecule has 0 unspecified atom stereocenters. The number of rotatable bonds is 7. The standard InChI is InChI=1S/C12H18FN3O2/c1-14-11-10(7-9(13)8-16-11)12(17)15-5-3-4-6-18-2/h7-8H,3-6H2,1-2H3,(H,14,16)(H,15,17). The number of hydrogen-bond donors (Lipinski definition) is 2. The van der Waals surface area contributed by atoms with E-state index >= 15 is 0 Å². The molecule has 1 heterocycles. The van der Waals surface area contributed by atoms with E-state index in [2.05, 4.69) is 15.6 Å². The van der Waals surface area contributed by atoms with Gasteiger partial charge in [0.05, 0.1) is 11.8 Å². The van der Waals surface area contributed by atoms with Gasteiger partial charge in [0, 0.05) is 27.3 Å². The maximum absolute atomic E-state index is 13.0. The van der Waals surface area contributed by atoms with Crippen LogP contribution in [0.5, 0.6) is 0 Å². The molecule has 1 aromatic rings. The summed E-state index contributed by atoms with van der Waals surface area (Å²) in [6.07, 6.45) is 2.76. The van der Waals surface area contributed by atoms with E-state index < -0.39 is 5.82 Å². The first-order valence-corrected chi connectivity index (χ1v) is 5.79. The van der Waals surface area contributed by atoms with Gasteiger partial charge in [-0.05, 0) is 18.9 Å². The zero-order valence-corrected chi connectivity index (χ0v) is 10.6. The Morgan fingerprint density at radius 3 is 2.94 bits per heavy atom. The molecule has 0 atom stereocenters. The normalized spacial score (nSPS) is 10.2. The Hall–Kier alpha value is -1.69. The Labute approximate surface area is 106 Å². The van der Waals surface area contributed by atoms with Crippen LogP contribution < -0.4 is 10.6 Å². The summed E-state index contributed by atoms with van der Waals surface area (Å²) in [5.41, 5.74) is 0.212. The molecular weight excluding hydrogens is 237 g/mol. The van der Waals surface area contributed by atoms with Crippen LogP contribution in [0.25, 0.3) is 0 Å². The van der Waals surface area contributed by atoms with Gasteiger partial charge in [-0.2, -0.15) is 0 Å². The van der Waals surface area contributed by atoms with E-state index in [1.54, 1.807) is 14.2 Å². The van der Waals surface area contributed by atoms with Crippen LogP contribution in [-0.4, -0.2) is 38.2 Å². The monoisotopic (exact) mass is 255 g/mol. The van der Waals surface area contributed by atoms with Gasteiger partial charge in [-0.1, -0.05) is 0 Å². The van der Waals surface area contributed by atoms with Crippen molar-refractivity contribution in [2.75, 3.05) is 32.6 Å². The smallest absolute Gasteiger partial charge is 0.255 e. The fourth-order valence-electron chi connectivity index (χ4n) is 1.48. The highest BCUT2D eigenvalue weighted by Crippen LogP contribution is 2.12. The third-order valence-electron chi connectivity index (χ3n) is 2.40. The van der Waals surface area contributed by atoms with Gasteiger partial charge >= 0.3 is 0 Å². The second-order valence-electron chi connectivity index (χ2n) is 3.76. The lowest BCUT2D eigenvalue weighted by Crippen LogP contribution is -2.26. The molecule has 0 spiro atoms. The van der Waals surface area contributed by atoms with E-state index in [0.717, 1.165) is 19.0 Å². The van der Waals surface area contributed by atoms with Crippen molar-refractivity contribution in [3.05, 3.63) is 23.6 Å². The zero-order chi connectivity index (χ0) is 13.4. The molecule has 0 aliphatic heterocycles. The van der Waals surface area contributed by atoms with E-state index in [9.17, 15) is 9.18 Å². The summed E-state index contributed by atoms with van der Waals surface area (Å²) in [6, 6.07) is 1.17. The number of amides is 1. The van der Waals surface area contributed by atoms with Crippen LogP contribution in [0.3, 0.4) is 0 Å². The molecule has 0 saturated heterocycles. The number of pyridine rings is 1. The third kappa shape index (κ3) is 4.29. The number of unbranched alkanes of at least 4 members (excludes halogenated alkanes) is 1. The highest BCUT2D eigenvalue weighted by Gasteiger charge is 2.12. The molecule has 0 bridgehead atoms. The average molecular weight is 255 g/mol. The summed E-state index contributed by atoms with van der Waals surface area (Å²) in [4.78, 5) is 15.6. The van der Waals surface area contributed by atoms with Crippen molar-refractivity contribution < 1.29 is 13.9 Å². The first-order chi connectivity index (χ1) is 8.69. The Morgan fingerprint density at radius 2 is 2.28 bits per heavy atom. The Balaban J connectivity index is 2.52. The van der Waals surface area contributed by atoms with Crippen LogP contribution in [0.15, 0.2) is 12.3 Å². The molecule has 0 aliphatic carbocycles. The summed E-state index contributed by atoms with van der Waals surface area (Å²) in [7, 11) is 3.27. The number of ether oxygens (including phenoxy) is 1. The van der Waals surface area contributed by atoms with Gasteiger partial charge < -0.3 is 15.4 Å². The molecule has 1 aromatic heterocycles. The Kier molecular flexibility index (Phi) is 6.07. The lowest BCUT2D eigenvalue weighted by atomic mass is 10.2. The molecule has 0 fully saturated rings. The topological polar surface area (TPSA) is 63.2 Å². The molecule has 2 N–H and O–H groups in total. The minimum absolute atomic E-state index is 0.212. The fourth-order valence-corrected chi connectivity index (χ4v) is 1.48. The summed E-state index contributed by atoms with van der Waals surface area (Å²) < 4.78 is 17.9. The number of methoxy groups -OCH3 is 1. The molecule has 6 heteroatoms. The quantitative estimate of drug-likeness (QED) is 0.723. The van der Waals surface area contributed by atoms with E-state index in [-0.39, 0.29) is 11.5 Å². The van der Waals surface area contributed by atoms with Gasteiger partial charge in [0.15, 0.2) is 0 Å². The van der Waals surface area contributed by atoms with Crippen LogP contribution in [0.1, 0.15) is 23.2 Å². The van der Waals surface area contributed by atoms with Crippen molar-refractivity contribution >= 4 is 11.7 Å². The van der Waals surface area contributed by atoms with Crippen LogP contribution in [0.4, 0.5) is 10.2 Å². The van der Waals surface area contributed by atoms with Crippen LogP contribution in [-0.2, 0) is 4.74 Å². The van der Waals surface area contributed by atoms with Crippen molar-refractivity contribution in [1.82, 2.24) is 10.3 Å². The van der Waals surface area contributed by atoms with E-state index in [1.165, 1.54) is 6.07 Å². The largest absolute Gasteiger partial charge is 0.385 e. The summed E-state index contributed by atoms with van der Waals surface area (Å²) >= 11 is 0. The number of carbonyl (C=O) groups is 1. The van der Waals surface area contributed by atoms with Crippen LogP contribution >= 0.6 is 0 Å². The van der Waals surface area contributed by atoms with Gasteiger partial charge in [-0.25, -0.2) is 9.37 Å². The molecule has 0 aliphatic rings. The third-order valence-corrected chi connectivity index (χ3v) is 2.40. The summed E-state index contributed by atoms with van der Waals surface area (Å²) in [6.45, 7) is 1.20. The number of nitrogens with one attached hydrogen (secondary N) is 2. The van der Waals surface area contributed by atoms with Crippen molar-refractivity contribution in [2.24, 2.45) is 0 Å². The Morgan fingerprint density at radius 1 is 1.50 bits per heavy atom. The van der Waals surface area contributed by atoms with Crippen LogP contribution in [0.2, 0.25) is 0 Å². The molecule has 5 nitrogen and oxygen atoms in total. The van der Waals surface area contributed by atoms with E-state index in [4.69, 9.17) is 4.74 Å². The predicted octanol–water partition coefficient (Wildman–Crippen LogP) is 1.42. The van der Waals surface area contributed by atoms with Crippen molar-refractivity contribution in [1.29, 1.82) is 0 Å². The number of halogens is 1. The number of carbonyl (C=O) groups excluding carboxylic acids is 1. The van der Waals surface area contributed by atoms with Crippen LogP contribution in [0, 0.1) is 5.82 Å². The predicted molar refractivity (Wildman–Crippen MR) is 67.2 cm³/mol. The summed E-state index contributed by atoms with van der Waals surface area (Å²) in [5, 5.41) is 5.47. The molecule has 100 valence electrons. The summed E-state index contributed by atoms with van der Waals surface area (Å²) in [5.74, 6) is -0.493. The van der Waals surface area contributed by atoms with Gasteiger partial charge in [0.2, 0.25) is 0 Å². The van der Waals surface area contributed by atoms with Gasteiger partial charge in [-0.15, -0.1) is 0 Å². The first-order valence-electron chi connectivity index (χ1n) is 5.79. The second kappa shape index (κ2) is 7.60. The van der Waals surface area contributed by atoms with Crippen molar-refractivity contribution in [3.63, 3.8) is 0 Å². The minimum Gasteiger partial charge on any atom is -0.385 e. The molecule has 18 heavy (non-hydrogen) atoms. The Bertz CT molecular complexity index is 399. The highest BCUT2D eigenvalue weighted by atomic mass is 19.1. The van der Waals surface area contributed by atoms with Gasteiger partial charge in [0.25, 0.3) is 5.91 Å².